The van der Waals surface area contributed by atoms with Crippen molar-refractivity contribution in [1.82, 2.24) is 4.98 Å². The Morgan fingerprint density at radius 3 is 2.81 bits per heavy atom. The molecule has 4 heteroatoms. The van der Waals surface area contributed by atoms with Gasteiger partial charge in [-0.2, -0.15) is 0 Å². The number of allylic oxidation sites excluding steroid dienone is 2. The van der Waals surface area contributed by atoms with E-state index in [1.165, 1.54) is 5.57 Å². The lowest BCUT2D eigenvalue weighted by Crippen LogP contribution is -2.17. The number of rotatable bonds is 5. The molecule has 1 amide bonds. The third kappa shape index (κ3) is 3.26. The molecule has 1 heterocycles. The van der Waals surface area contributed by atoms with Crippen LogP contribution in [0.15, 0.2) is 30.0 Å². The van der Waals surface area contributed by atoms with Gasteiger partial charge in [-0.25, -0.2) is 4.98 Å². The molecule has 0 spiro atoms. The van der Waals surface area contributed by atoms with Crippen LogP contribution in [0.3, 0.4) is 0 Å². The lowest BCUT2D eigenvalue weighted by molar-refractivity contribution is -0.118. The minimum atomic E-state index is 0.00193. The molecule has 1 N–H and O–H groups in total. The predicted molar refractivity (Wildman–Crippen MR) is 84.2 cm³/mol. The normalized spacial score (nSPS) is 22.3. The Bertz CT molecular complexity index is 560. The minimum absolute atomic E-state index is 0.00193. The van der Waals surface area contributed by atoms with Gasteiger partial charge >= 0.3 is 0 Å². The highest BCUT2D eigenvalue weighted by atomic mass is 16.5. The number of pyridine rings is 1. The van der Waals surface area contributed by atoms with Crippen molar-refractivity contribution in [2.45, 2.75) is 34.6 Å². The van der Waals surface area contributed by atoms with E-state index < -0.39 is 0 Å². The van der Waals surface area contributed by atoms with Gasteiger partial charge in [0.2, 0.25) is 11.8 Å². The molecule has 1 fully saturated rings. The van der Waals surface area contributed by atoms with Crippen molar-refractivity contribution >= 4 is 11.6 Å². The van der Waals surface area contributed by atoms with Crippen LogP contribution < -0.4 is 10.1 Å². The average molecular weight is 288 g/mol. The summed E-state index contributed by atoms with van der Waals surface area (Å²) in [7, 11) is 0. The summed E-state index contributed by atoms with van der Waals surface area (Å²) >= 11 is 0. The first-order valence-electron chi connectivity index (χ1n) is 7.41. The molecule has 4 nitrogen and oxygen atoms in total. The number of nitrogens with zero attached hydrogens (tertiary/aromatic N) is 1. The Hall–Kier alpha value is -1.84. The molecular formula is C17H24N2O2. The minimum Gasteiger partial charge on any atom is -0.476 e. The van der Waals surface area contributed by atoms with Gasteiger partial charge in [0.05, 0.1) is 12.5 Å². The molecular weight excluding hydrogens is 264 g/mol. The number of carbonyl (C=O) groups excluding carboxylic acids is 1. The first-order valence-corrected chi connectivity index (χ1v) is 7.41. The average Bonchev–Trinajstić information content (AvgIpc) is 2.92. The SMILES string of the molecule is CCOc1ncccc1NC(=O)[C@@H]1[C@@H](C=C(C)C)C1(C)C. The summed E-state index contributed by atoms with van der Waals surface area (Å²) in [4.78, 5) is 16.7. The maximum Gasteiger partial charge on any atom is 0.237 e. The number of anilines is 1. The molecule has 1 aromatic rings. The highest BCUT2D eigenvalue weighted by Crippen LogP contribution is 2.59. The second-order valence-corrected chi connectivity index (χ2v) is 6.35. The molecule has 0 aromatic carbocycles. The van der Waals surface area contributed by atoms with Gasteiger partial charge in [0.25, 0.3) is 0 Å². The highest BCUT2D eigenvalue weighted by molar-refractivity contribution is 5.96. The van der Waals surface area contributed by atoms with Gasteiger partial charge in [0, 0.05) is 6.20 Å². The van der Waals surface area contributed by atoms with Crippen molar-refractivity contribution < 1.29 is 9.53 Å². The number of aromatic nitrogens is 1. The van der Waals surface area contributed by atoms with E-state index in [-0.39, 0.29) is 17.2 Å². The quantitative estimate of drug-likeness (QED) is 0.841. The Labute approximate surface area is 126 Å². The van der Waals surface area contributed by atoms with Gasteiger partial charge in [0.15, 0.2) is 0 Å². The molecule has 1 aliphatic rings. The number of hydrogen-bond donors (Lipinski definition) is 1. The monoisotopic (exact) mass is 288 g/mol. The van der Waals surface area contributed by atoms with E-state index in [0.717, 1.165) is 0 Å². The summed E-state index contributed by atoms with van der Waals surface area (Å²) in [5.41, 5.74) is 1.90. The second kappa shape index (κ2) is 5.88. The van der Waals surface area contributed by atoms with Gasteiger partial charge in [-0.15, -0.1) is 0 Å². The lowest BCUT2D eigenvalue weighted by atomic mass is 10.1. The Kier molecular flexibility index (Phi) is 4.35. The summed E-state index contributed by atoms with van der Waals surface area (Å²) < 4.78 is 5.44. The van der Waals surface area contributed by atoms with Crippen LogP contribution >= 0.6 is 0 Å². The fraction of sp³-hybridized carbons (Fsp3) is 0.529. The third-order valence-electron chi connectivity index (χ3n) is 4.02. The van der Waals surface area contributed by atoms with Crippen molar-refractivity contribution in [3.05, 3.63) is 30.0 Å². The van der Waals surface area contributed by atoms with Crippen LogP contribution in [0.1, 0.15) is 34.6 Å². The third-order valence-corrected chi connectivity index (χ3v) is 4.02. The topological polar surface area (TPSA) is 51.2 Å². The van der Waals surface area contributed by atoms with Crippen molar-refractivity contribution in [3.63, 3.8) is 0 Å². The van der Waals surface area contributed by atoms with Crippen LogP contribution in [0.5, 0.6) is 5.88 Å². The Morgan fingerprint density at radius 1 is 1.48 bits per heavy atom. The molecule has 2 atom stereocenters. The van der Waals surface area contributed by atoms with Crippen LogP contribution in [0.2, 0.25) is 0 Å². The highest BCUT2D eigenvalue weighted by Gasteiger charge is 2.60. The molecule has 114 valence electrons. The van der Waals surface area contributed by atoms with Crippen molar-refractivity contribution in [3.8, 4) is 5.88 Å². The number of hydrogen-bond acceptors (Lipinski definition) is 3. The summed E-state index contributed by atoms with van der Waals surface area (Å²) in [6.45, 7) is 10.8. The van der Waals surface area contributed by atoms with Gasteiger partial charge in [-0.05, 0) is 44.2 Å². The molecule has 0 unspecified atom stereocenters. The van der Waals surface area contributed by atoms with Crippen molar-refractivity contribution in [2.24, 2.45) is 17.3 Å². The van der Waals surface area contributed by atoms with E-state index >= 15 is 0 Å². The Morgan fingerprint density at radius 2 is 2.19 bits per heavy atom. The fourth-order valence-electron chi connectivity index (χ4n) is 2.80. The number of carbonyl (C=O) groups is 1. The number of nitrogens with one attached hydrogen (secondary N) is 1. The van der Waals surface area contributed by atoms with E-state index in [4.69, 9.17) is 4.74 Å². The zero-order valence-corrected chi connectivity index (χ0v) is 13.4. The molecule has 1 aromatic heterocycles. The Balaban J connectivity index is 2.11. The van der Waals surface area contributed by atoms with Crippen molar-refractivity contribution in [2.75, 3.05) is 11.9 Å². The van der Waals surface area contributed by atoms with Gasteiger partial charge in [0.1, 0.15) is 5.69 Å². The van der Waals surface area contributed by atoms with Gasteiger partial charge in [-0.3, -0.25) is 4.79 Å². The molecule has 1 aliphatic carbocycles. The van der Waals surface area contributed by atoms with Crippen LogP contribution in [0.4, 0.5) is 5.69 Å². The zero-order valence-electron chi connectivity index (χ0n) is 13.4. The molecule has 1 saturated carbocycles. The van der Waals surface area contributed by atoms with E-state index in [9.17, 15) is 4.79 Å². The molecule has 2 rings (SSSR count). The molecule has 0 bridgehead atoms. The molecule has 21 heavy (non-hydrogen) atoms. The van der Waals surface area contributed by atoms with Gasteiger partial charge < -0.3 is 10.1 Å². The summed E-state index contributed by atoms with van der Waals surface area (Å²) in [5.74, 6) is 0.818. The second-order valence-electron chi connectivity index (χ2n) is 6.35. The number of ether oxygens (including phenoxy) is 1. The van der Waals surface area contributed by atoms with Crippen LogP contribution in [0, 0.1) is 17.3 Å². The van der Waals surface area contributed by atoms with Crippen LogP contribution in [-0.2, 0) is 4.79 Å². The summed E-state index contributed by atoms with van der Waals surface area (Å²) in [6, 6.07) is 3.62. The maximum atomic E-state index is 12.5. The first-order chi connectivity index (χ1) is 9.87. The zero-order chi connectivity index (χ0) is 15.6. The lowest BCUT2D eigenvalue weighted by Gasteiger charge is -2.10. The van der Waals surface area contributed by atoms with Gasteiger partial charge in [-0.1, -0.05) is 25.5 Å². The summed E-state index contributed by atoms with van der Waals surface area (Å²) in [5, 5.41) is 2.96. The van der Waals surface area contributed by atoms with E-state index in [0.29, 0.717) is 24.1 Å². The van der Waals surface area contributed by atoms with Crippen LogP contribution in [-0.4, -0.2) is 17.5 Å². The smallest absolute Gasteiger partial charge is 0.237 e. The van der Waals surface area contributed by atoms with E-state index in [2.05, 4.69) is 44.1 Å². The predicted octanol–water partition coefficient (Wildman–Crippen LogP) is 3.66. The maximum absolute atomic E-state index is 12.5. The molecule has 0 radical (unpaired) electrons. The fourth-order valence-corrected chi connectivity index (χ4v) is 2.80. The molecule has 0 saturated heterocycles. The largest absolute Gasteiger partial charge is 0.476 e. The first kappa shape index (κ1) is 15.5. The standard InChI is InChI=1S/C17H24N2O2/c1-6-21-16-13(8-7-9-18-16)19-15(20)14-12(10-11(2)3)17(14,4)5/h7-10,12,14H,6H2,1-5H3,(H,19,20)/t12-,14+/m1/s1. The van der Waals surface area contributed by atoms with Crippen molar-refractivity contribution in [1.29, 1.82) is 0 Å². The summed E-state index contributed by atoms with van der Waals surface area (Å²) in [6.07, 6.45) is 3.85. The number of amides is 1. The van der Waals surface area contributed by atoms with Crippen LogP contribution in [0.25, 0.3) is 0 Å². The van der Waals surface area contributed by atoms with E-state index in [1.807, 2.05) is 13.0 Å². The van der Waals surface area contributed by atoms with E-state index in [1.54, 1.807) is 12.3 Å². The molecule has 0 aliphatic heterocycles.